The quantitative estimate of drug-likeness (QED) is 0.673. The van der Waals surface area contributed by atoms with E-state index in [9.17, 15) is 0 Å². The molecule has 2 atom stereocenters. The number of methoxy groups -OCH3 is 1. The third-order valence-electron chi connectivity index (χ3n) is 3.14. The summed E-state index contributed by atoms with van der Waals surface area (Å²) < 4.78 is 5.30. The van der Waals surface area contributed by atoms with E-state index in [-0.39, 0.29) is 5.41 Å². The molecule has 0 bridgehead atoms. The number of rotatable bonds is 3. The molecule has 2 nitrogen and oxygen atoms in total. The van der Waals surface area contributed by atoms with E-state index in [0.29, 0.717) is 18.6 Å². The molecule has 2 heteroatoms. The van der Waals surface area contributed by atoms with E-state index < -0.39 is 0 Å². The van der Waals surface area contributed by atoms with Crippen LogP contribution in [0.1, 0.15) is 26.7 Å². The van der Waals surface area contributed by atoms with Crippen molar-refractivity contribution < 1.29 is 9.84 Å². The average Bonchev–Trinajstić information content (AvgIpc) is 1.97. The molecule has 0 aromatic heterocycles. The monoisotopic (exact) mass is 158 g/mol. The van der Waals surface area contributed by atoms with Crippen molar-refractivity contribution in [1.82, 2.24) is 0 Å². The molecule has 1 saturated carbocycles. The maximum Gasteiger partial charge on any atom is 0.0627 e. The summed E-state index contributed by atoms with van der Waals surface area (Å²) in [4.78, 5) is 0. The highest BCUT2D eigenvalue weighted by Gasteiger charge is 2.47. The maximum atomic E-state index is 8.75. The number of hydrogen-bond donors (Lipinski definition) is 1. The molecule has 11 heavy (non-hydrogen) atoms. The maximum absolute atomic E-state index is 8.75. The Morgan fingerprint density at radius 2 is 2.18 bits per heavy atom. The van der Waals surface area contributed by atoms with Gasteiger partial charge in [0.15, 0.2) is 0 Å². The second-order valence-electron chi connectivity index (χ2n) is 3.99. The lowest BCUT2D eigenvalue weighted by atomic mass is 9.59. The summed E-state index contributed by atoms with van der Waals surface area (Å²) in [7, 11) is 1.77. The van der Waals surface area contributed by atoms with Gasteiger partial charge in [0, 0.05) is 13.7 Å². The van der Waals surface area contributed by atoms with Crippen LogP contribution in [0.3, 0.4) is 0 Å². The minimum atomic E-state index is 0.275. The molecule has 0 aromatic rings. The molecule has 0 heterocycles. The van der Waals surface area contributed by atoms with Crippen LogP contribution < -0.4 is 0 Å². The minimum Gasteiger partial charge on any atom is -0.396 e. The molecule has 1 N–H and O–H groups in total. The standard InChI is InChI=1S/C9H18O2/c1-9(2)7(4-5-10)6-8(9)11-3/h7-8,10H,4-6H2,1-3H3. The smallest absolute Gasteiger partial charge is 0.0627 e. The van der Waals surface area contributed by atoms with Crippen LogP contribution in [0.5, 0.6) is 0 Å². The number of hydrogen-bond acceptors (Lipinski definition) is 2. The Hall–Kier alpha value is -0.0800. The van der Waals surface area contributed by atoms with E-state index in [1.807, 2.05) is 0 Å². The van der Waals surface area contributed by atoms with Crippen molar-refractivity contribution in [2.45, 2.75) is 32.8 Å². The molecule has 0 aliphatic heterocycles. The first-order chi connectivity index (χ1) is 5.12. The lowest BCUT2D eigenvalue weighted by Crippen LogP contribution is -2.50. The second kappa shape index (κ2) is 3.11. The van der Waals surface area contributed by atoms with Crippen LogP contribution in [0, 0.1) is 11.3 Å². The van der Waals surface area contributed by atoms with Crippen LogP contribution in [0.4, 0.5) is 0 Å². The zero-order chi connectivity index (χ0) is 8.48. The highest BCUT2D eigenvalue weighted by molar-refractivity contribution is 4.97. The fourth-order valence-electron chi connectivity index (χ4n) is 2.01. The van der Waals surface area contributed by atoms with E-state index in [1.54, 1.807) is 7.11 Å². The predicted octanol–water partition coefficient (Wildman–Crippen LogP) is 1.43. The third kappa shape index (κ3) is 1.42. The fourth-order valence-corrected chi connectivity index (χ4v) is 2.01. The van der Waals surface area contributed by atoms with Gasteiger partial charge in [0.2, 0.25) is 0 Å². The van der Waals surface area contributed by atoms with E-state index in [1.165, 1.54) is 0 Å². The summed E-state index contributed by atoms with van der Waals surface area (Å²) in [5.41, 5.74) is 0.275. The fraction of sp³-hybridized carbons (Fsp3) is 1.00. The van der Waals surface area contributed by atoms with Gasteiger partial charge in [0.05, 0.1) is 6.10 Å². The van der Waals surface area contributed by atoms with Crippen LogP contribution in [-0.4, -0.2) is 24.9 Å². The molecule has 0 radical (unpaired) electrons. The van der Waals surface area contributed by atoms with Gasteiger partial charge in [-0.3, -0.25) is 0 Å². The topological polar surface area (TPSA) is 29.5 Å². The van der Waals surface area contributed by atoms with E-state index in [0.717, 1.165) is 12.8 Å². The van der Waals surface area contributed by atoms with Crippen molar-refractivity contribution in [3.05, 3.63) is 0 Å². The Morgan fingerprint density at radius 3 is 2.55 bits per heavy atom. The zero-order valence-corrected chi connectivity index (χ0v) is 7.63. The van der Waals surface area contributed by atoms with Gasteiger partial charge in [0.25, 0.3) is 0 Å². The van der Waals surface area contributed by atoms with Crippen molar-refractivity contribution in [2.75, 3.05) is 13.7 Å². The molecule has 0 spiro atoms. The molecule has 1 aliphatic carbocycles. The summed E-state index contributed by atoms with van der Waals surface area (Å²) in [6.07, 6.45) is 2.44. The molecule has 66 valence electrons. The zero-order valence-electron chi connectivity index (χ0n) is 7.63. The molecular formula is C9H18O2. The van der Waals surface area contributed by atoms with Crippen molar-refractivity contribution in [3.63, 3.8) is 0 Å². The molecule has 2 unspecified atom stereocenters. The van der Waals surface area contributed by atoms with E-state index in [4.69, 9.17) is 9.84 Å². The highest BCUT2D eigenvalue weighted by Crippen LogP contribution is 2.49. The van der Waals surface area contributed by atoms with Gasteiger partial charge >= 0.3 is 0 Å². The van der Waals surface area contributed by atoms with Crippen molar-refractivity contribution in [2.24, 2.45) is 11.3 Å². The van der Waals surface area contributed by atoms with E-state index >= 15 is 0 Å². The SMILES string of the molecule is COC1CC(CCO)C1(C)C. The normalized spacial score (nSPS) is 34.9. The Kier molecular flexibility index (Phi) is 2.55. The predicted molar refractivity (Wildman–Crippen MR) is 44.4 cm³/mol. The summed E-state index contributed by atoms with van der Waals surface area (Å²) in [6, 6.07) is 0. The number of aliphatic hydroxyl groups excluding tert-OH is 1. The molecule has 1 rings (SSSR count). The van der Waals surface area contributed by atoms with Crippen LogP contribution >= 0.6 is 0 Å². The lowest BCUT2D eigenvalue weighted by molar-refractivity contribution is -0.126. The highest BCUT2D eigenvalue weighted by atomic mass is 16.5. The van der Waals surface area contributed by atoms with Gasteiger partial charge in [-0.15, -0.1) is 0 Å². The van der Waals surface area contributed by atoms with Gasteiger partial charge in [-0.2, -0.15) is 0 Å². The van der Waals surface area contributed by atoms with Gasteiger partial charge < -0.3 is 9.84 Å². The van der Waals surface area contributed by atoms with Crippen molar-refractivity contribution in [1.29, 1.82) is 0 Å². The Bertz CT molecular complexity index is 132. The minimum absolute atomic E-state index is 0.275. The number of aliphatic hydroxyl groups is 1. The molecular weight excluding hydrogens is 140 g/mol. The Morgan fingerprint density at radius 1 is 1.55 bits per heavy atom. The molecule has 0 amide bonds. The lowest BCUT2D eigenvalue weighted by Gasteiger charge is -2.51. The summed E-state index contributed by atoms with van der Waals surface area (Å²) in [6.45, 7) is 4.74. The first-order valence-electron chi connectivity index (χ1n) is 4.26. The third-order valence-corrected chi connectivity index (χ3v) is 3.14. The summed E-state index contributed by atoms with van der Waals surface area (Å²) in [5.74, 6) is 0.650. The molecule has 1 fully saturated rings. The van der Waals surface area contributed by atoms with Gasteiger partial charge in [0.1, 0.15) is 0 Å². The molecule has 1 aliphatic rings. The van der Waals surface area contributed by atoms with Crippen LogP contribution in [0.25, 0.3) is 0 Å². The Balaban J connectivity index is 2.40. The van der Waals surface area contributed by atoms with Gasteiger partial charge in [-0.1, -0.05) is 13.8 Å². The van der Waals surface area contributed by atoms with Crippen LogP contribution in [0.2, 0.25) is 0 Å². The molecule has 0 aromatic carbocycles. The Labute approximate surface area is 68.6 Å². The van der Waals surface area contributed by atoms with Gasteiger partial charge in [-0.25, -0.2) is 0 Å². The first-order valence-corrected chi connectivity index (χ1v) is 4.26. The average molecular weight is 158 g/mol. The molecule has 0 saturated heterocycles. The van der Waals surface area contributed by atoms with Gasteiger partial charge in [-0.05, 0) is 24.2 Å². The van der Waals surface area contributed by atoms with Crippen molar-refractivity contribution in [3.8, 4) is 0 Å². The number of ether oxygens (including phenoxy) is 1. The van der Waals surface area contributed by atoms with E-state index in [2.05, 4.69) is 13.8 Å². The largest absolute Gasteiger partial charge is 0.396 e. The van der Waals surface area contributed by atoms with Crippen LogP contribution in [-0.2, 0) is 4.74 Å². The summed E-state index contributed by atoms with van der Waals surface area (Å²) in [5, 5.41) is 8.75. The van der Waals surface area contributed by atoms with Crippen LogP contribution in [0.15, 0.2) is 0 Å². The first kappa shape index (κ1) is 9.01. The second-order valence-corrected chi connectivity index (χ2v) is 3.99. The summed E-state index contributed by atoms with van der Waals surface area (Å²) >= 11 is 0. The van der Waals surface area contributed by atoms with Crippen molar-refractivity contribution >= 4 is 0 Å².